The lowest BCUT2D eigenvalue weighted by Crippen LogP contribution is -2.45. The maximum atomic E-state index is 12.4. The molecule has 0 spiro atoms. The summed E-state index contributed by atoms with van der Waals surface area (Å²) in [6.07, 6.45) is 3.54. The molecule has 2 aromatic rings. The number of carbonyl (C=O) groups is 1. The molecule has 4 rings (SSSR count). The van der Waals surface area contributed by atoms with E-state index in [1.54, 1.807) is 12.1 Å². The quantitative estimate of drug-likeness (QED) is 0.511. The van der Waals surface area contributed by atoms with Gasteiger partial charge in [0.15, 0.2) is 0 Å². The number of piperidine rings is 1. The van der Waals surface area contributed by atoms with Crippen molar-refractivity contribution in [1.82, 2.24) is 15.5 Å². The molecule has 172 valence electrons. The molecule has 1 heterocycles. The molecule has 2 aliphatic rings. The number of hydrogen-bond donors (Lipinski definition) is 3. The van der Waals surface area contributed by atoms with Crippen molar-refractivity contribution in [2.24, 2.45) is 0 Å². The van der Waals surface area contributed by atoms with Crippen LogP contribution in [-0.2, 0) is 6.54 Å². The largest absolute Gasteiger partial charge is 0.490 e. The number of aliphatic hydroxyl groups is 1. The summed E-state index contributed by atoms with van der Waals surface area (Å²) in [5.74, 6) is 0.404. The first-order valence-corrected chi connectivity index (χ1v) is 11.9. The number of nitrogens with one attached hydrogen (secondary N) is 2. The second-order valence-corrected chi connectivity index (χ2v) is 9.23. The molecule has 0 radical (unpaired) electrons. The minimum Gasteiger partial charge on any atom is -0.490 e. The van der Waals surface area contributed by atoms with E-state index in [-0.39, 0.29) is 12.5 Å². The normalized spacial score (nSPS) is 18.3. The van der Waals surface area contributed by atoms with Crippen LogP contribution in [0.2, 0.25) is 5.02 Å². The molecule has 6 nitrogen and oxygen atoms in total. The molecule has 1 amide bonds. The topological polar surface area (TPSA) is 73.8 Å². The zero-order valence-electron chi connectivity index (χ0n) is 18.3. The van der Waals surface area contributed by atoms with E-state index in [1.807, 2.05) is 24.3 Å². The van der Waals surface area contributed by atoms with E-state index in [9.17, 15) is 9.90 Å². The first kappa shape index (κ1) is 23.1. The monoisotopic (exact) mass is 457 g/mol. The van der Waals surface area contributed by atoms with E-state index >= 15 is 0 Å². The Morgan fingerprint density at radius 2 is 1.78 bits per heavy atom. The summed E-state index contributed by atoms with van der Waals surface area (Å²) in [5, 5.41) is 17.6. The van der Waals surface area contributed by atoms with E-state index in [0.717, 1.165) is 50.3 Å². The average Bonchev–Trinajstić information content (AvgIpc) is 3.63. The van der Waals surface area contributed by atoms with Gasteiger partial charge in [0.25, 0.3) is 5.91 Å². The van der Waals surface area contributed by atoms with E-state index in [0.29, 0.717) is 29.9 Å². The highest BCUT2D eigenvalue weighted by atomic mass is 35.5. The summed E-state index contributed by atoms with van der Waals surface area (Å²) in [5.41, 5.74) is 1.80. The molecule has 1 saturated carbocycles. The second-order valence-electron chi connectivity index (χ2n) is 8.79. The molecule has 1 aliphatic heterocycles. The zero-order chi connectivity index (χ0) is 22.3. The number of likely N-dealkylation sites (tertiary alicyclic amines) is 1. The number of ether oxygens (including phenoxy) is 1. The Kier molecular flexibility index (Phi) is 8.03. The predicted molar refractivity (Wildman–Crippen MR) is 126 cm³/mol. The highest BCUT2D eigenvalue weighted by Gasteiger charge is 2.25. The SMILES string of the molecule is O=C(NC1CC1)c1ccccc1OC[C@H](O)CNC1CCN(Cc2ccc(Cl)cc2)CC1. The van der Waals surface area contributed by atoms with Crippen molar-refractivity contribution in [1.29, 1.82) is 0 Å². The minimum absolute atomic E-state index is 0.110. The third kappa shape index (κ3) is 6.94. The van der Waals surface area contributed by atoms with Gasteiger partial charge in [0.2, 0.25) is 0 Å². The van der Waals surface area contributed by atoms with Crippen molar-refractivity contribution in [3.63, 3.8) is 0 Å². The fraction of sp³-hybridized carbons (Fsp3) is 0.480. The molecule has 2 fully saturated rings. The van der Waals surface area contributed by atoms with Crippen molar-refractivity contribution >= 4 is 17.5 Å². The Morgan fingerprint density at radius 3 is 2.50 bits per heavy atom. The molecule has 0 unspecified atom stereocenters. The van der Waals surface area contributed by atoms with Crippen molar-refractivity contribution in [2.45, 2.75) is 50.4 Å². The van der Waals surface area contributed by atoms with Crippen LogP contribution in [-0.4, -0.2) is 60.3 Å². The number of para-hydroxylation sites is 1. The Bertz CT molecular complexity index is 880. The highest BCUT2D eigenvalue weighted by Crippen LogP contribution is 2.23. The lowest BCUT2D eigenvalue weighted by Gasteiger charge is -2.33. The van der Waals surface area contributed by atoms with Gasteiger partial charge in [-0.15, -0.1) is 0 Å². The molecular formula is C25H32ClN3O3. The van der Waals surface area contributed by atoms with Gasteiger partial charge < -0.3 is 20.5 Å². The second kappa shape index (κ2) is 11.1. The number of rotatable bonds is 10. The third-order valence-electron chi connectivity index (χ3n) is 6.02. The summed E-state index contributed by atoms with van der Waals surface area (Å²) in [6, 6.07) is 15.9. The van der Waals surface area contributed by atoms with Gasteiger partial charge in [-0.1, -0.05) is 35.9 Å². The van der Waals surface area contributed by atoms with Crippen LogP contribution >= 0.6 is 11.6 Å². The molecule has 0 bridgehead atoms. The molecule has 1 aliphatic carbocycles. The Labute approximate surface area is 194 Å². The molecule has 7 heteroatoms. The minimum atomic E-state index is -0.637. The highest BCUT2D eigenvalue weighted by molar-refractivity contribution is 6.30. The number of aliphatic hydroxyl groups excluding tert-OH is 1. The van der Waals surface area contributed by atoms with Gasteiger partial charge in [0, 0.05) is 30.2 Å². The lowest BCUT2D eigenvalue weighted by molar-refractivity contribution is 0.0906. The van der Waals surface area contributed by atoms with Gasteiger partial charge in [-0.25, -0.2) is 0 Å². The van der Waals surface area contributed by atoms with Crippen LogP contribution in [0.25, 0.3) is 0 Å². The standard InChI is InChI=1S/C25H32ClN3O3/c26-19-7-5-18(6-8-19)16-29-13-11-20(12-14-29)27-15-22(30)17-32-24-4-2-1-3-23(24)25(31)28-21-9-10-21/h1-8,20-22,27,30H,9-17H2,(H,28,31)/t22-/m1/s1. The van der Waals surface area contributed by atoms with Crippen LogP contribution in [0, 0.1) is 0 Å². The summed E-state index contributed by atoms with van der Waals surface area (Å²) in [4.78, 5) is 14.8. The first-order chi connectivity index (χ1) is 15.6. The van der Waals surface area contributed by atoms with Gasteiger partial charge in [-0.05, 0) is 68.6 Å². The van der Waals surface area contributed by atoms with Crippen LogP contribution in [0.3, 0.4) is 0 Å². The molecule has 2 aromatic carbocycles. The van der Waals surface area contributed by atoms with Crippen LogP contribution < -0.4 is 15.4 Å². The number of hydrogen-bond acceptors (Lipinski definition) is 5. The molecule has 0 aromatic heterocycles. The lowest BCUT2D eigenvalue weighted by atomic mass is 10.0. The van der Waals surface area contributed by atoms with Gasteiger partial charge in [-0.3, -0.25) is 9.69 Å². The number of nitrogens with zero attached hydrogens (tertiary/aromatic N) is 1. The fourth-order valence-electron chi connectivity index (χ4n) is 3.96. The molecular weight excluding hydrogens is 426 g/mol. The van der Waals surface area contributed by atoms with Gasteiger partial charge in [-0.2, -0.15) is 0 Å². The molecule has 1 saturated heterocycles. The van der Waals surface area contributed by atoms with Crippen molar-refractivity contribution < 1.29 is 14.6 Å². The molecule has 1 atom stereocenters. The van der Waals surface area contributed by atoms with Crippen LogP contribution in [0.4, 0.5) is 0 Å². The number of carbonyl (C=O) groups excluding carboxylic acids is 1. The van der Waals surface area contributed by atoms with Crippen LogP contribution in [0.5, 0.6) is 5.75 Å². The Hall–Kier alpha value is -2.12. The summed E-state index contributed by atoms with van der Waals surface area (Å²) >= 11 is 5.96. The van der Waals surface area contributed by atoms with Gasteiger partial charge in [0.05, 0.1) is 5.56 Å². The van der Waals surface area contributed by atoms with Crippen molar-refractivity contribution in [2.75, 3.05) is 26.2 Å². The summed E-state index contributed by atoms with van der Waals surface area (Å²) < 4.78 is 5.79. The summed E-state index contributed by atoms with van der Waals surface area (Å²) in [6.45, 7) is 3.61. The van der Waals surface area contributed by atoms with Crippen LogP contribution in [0.15, 0.2) is 48.5 Å². The van der Waals surface area contributed by atoms with E-state index in [4.69, 9.17) is 16.3 Å². The first-order valence-electron chi connectivity index (χ1n) is 11.5. The number of benzene rings is 2. The summed E-state index contributed by atoms with van der Waals surface area (Å²) in [7, 11) is 0. The molecule has 3 N–H and O–H groups in total. The van der Waals surface area contributed by atoms with E-state index in [2.05, 4.69) is 27.7 Å². The van der Waals surface area contributed by atoms with Crippen molar-refractivity contribution in [3.05, 3.63) is 64.7 Å². The maximum absolute atomic E-state index is 12.4. The zero-order valence-corrected chi connectivity index (χ0v) is 19.1. The van der Waals surface area contributed by atoms with Gasteiger partial charge >= 0.3 is 0 Å². The fourth-order valence-corrected chi connectivity index (χ4v) is 4.09. The predicted octanol–water partition coefficient (Wildman–Crippen LogP) is 3.23. The Balaban J connectivity index is 1.16. The number of halogens is 1. The number of amides is 1. The average molecular weight is 458 g/mol. The smallest absolute Gasteiger partial charge is 0.255 e. The third-order valence-corrected chi connectivity index (χ3v) is 6.28. The Morgan fingerprint density at radius 1 is 1.06 bits per heavy atom. The van der Waals surface area contributed by atoms with E-state index < -0.39 is 6.10 Å². The van der Waals surface area contributed by atoms with E-state index in [1.165, 1.54) is 5.56 Å². The van der Waals surface area contributed by atoms with Gasteiger partial charge in [0.1, 0.15) is 18.5 Å². The van der Waals surface area contributed by atoms with Crippen molar-refractivity contribution in [3.8, 4) is 5.75 Å². The maximum Gasteiger partial charge on any atom is 0.255 e. The molecule has 32 heavy (non-hydrogen) atoms. The van der Waals surface area contributed by atoms with Crippen LogP contribution in [0.1, 0.15) is 41.6 Å².